The summed E-state index contributed by atoms with van der Waals surface area (Å²) in [5.41, 5.74) is 7.26. The van der Waals surface area contributed by atoms with E-state index >= 15 is 0 Å². The molecule has 14 rings (SSSR count). The lowest BCUT2D eigenvalue weighted by atomic mass is 9.48. The summed E-state index contributed by atoms with van der Waals surface area (Å²) in [6, 6.07) is 16.5. The smallest absolute Gasteiger partial charge is 0.226 e. The normalized spacial score (nSPS) is 27.6. The zero-order valence-corrected chi connectivity index (χ0v) is 41.4. The zero-order chi connectivity index (χ0) is 46.9. The molecule has 0 unspecified atom stereocenters. The fourth-order valence-corrected chi connectivity index (χ4v) is 15.0. The van der Waals surface area contributed by atoms with Crippen molar-refractivity contribution < 1.29 is 9.59 Å². The highest BCUT2D eigenvalue weighted by atomic mass is 35.5. The molecule has 12 nitrogen and oxygen atoms in total. The molecule has 8 aliphatic rings. The van der Waals surface area contributed by atoms with E-state index in [4.69, 9.17) is 23.2 Å². The first-order chi connectivity index (χ1) is 32.7. The SMILES string of the molecule is CC(C)n1cnc2c(NCc3ccc(C(=O)CC45CC6CC(CC(C6)C4)C5)cc3)nc(Cl)nc21.CC(C)n1cnc2c(NCc3ccc(C(=O)CC45CC6CC(CC(C6)C4)C5)cc3)nc(Cl)nc21. The molecule has 0 amide bonds. The lowest BCUT2D eigenvalue weighted by Crippen LogP contribution is -2.46. The molecule has 4 heterocycles. The van der Waals surface area contributed by atoms with Gasteiger partial charge in [-0.15, -0.1) is 0 Å². The van der Waals surface area contributed by atoms with Crippen LogP contribution < -0.4 is 10.6 Å². The third-order valence-electron chi connectivity index (χ3n) is 16.8. The van der Waals surface area contributed by atoms with Crippen LogP contribution in [0.1, 0.15) is 162 Å². The Labute approximate surface area is 409 Å². The van der Waals surface area contributed by atoms with Gasteiger partial charge in [0.2, 0.25) is 10.6 Å². The molecule has 8 aliphatic carbocycles. The highest BCUT2D eigenvalue weighted by Gasteiger charge is 2.52. The Morgan fingerprint density at radius 1 is 0.544 bits per heavy atom. The quantitative estimate of drug-likeness (QED) is 0.0799. The van der Waals surface area contributed by atoms with Crippen molar-refractivity contribution >= 4 is 68.7 Å². The van der Waals surface area contributed by atoms with Crippen LogP contribution in [0.2, 0.25) is 10.6 Å². The molecule has 8 bridgehead atoms. The van der Waals surface area contributed by atoms with Gasteiger partial charge in [-0.3, -0.25) is 9.59 Å². The number of fused-ring (bicyclic) bond motifs is 2. The highest BCUT2D eigenvalue weighted by Crippen LogP contribution is 2.62. The highest BCUT2D eigenvalue weighted by molar-refractivity contribution is 6.29. The fraction of sp³-hybridized carbons (Fsp3) is 0.556. The summed E-state index contributed by atoms with van der Waals surface area (Å²) in [6.45, 7) is 9.46. The minimum Gasteiger partial charge on any atom is -0.364 e. The first-order valence-corrected chi connectivity index (χ1v) is 26.0. The van der Waals surface area contributed by atoms with E-state index in [1.165, 1.54) is 77.0 Å². The molecule has 0 spiro atoms. The van der Waals surface area contributed by atoms with Gasteiger partial charge in [0, 0.05) is 49.1 Å². The first kappa shape index (κ1) is 45.5. The van der Waals surface area contributed by atoms with E-state index in [0.29, 0.717) is 47.3 Å². The van der Waals surface area contributed by atoms with Gasteiger partial charge in [-0.25, -0.2) is 9.97 Å². The Balaban J connectivity index is 0.000000149. The van der Waals surface area contributed by atoms with E-state index in [2.05, 4.69) is 68.2 Å². The summed E-state index contributed by atoms with van der Waals surface area (Å²) in [7, 11) is 0. The van der Waals surface area contributed by atoms with Crippen LogP contribution >= 0.6 is 23.2 Å². The number of imidazole rings is 2. The number of carbonyl (C=O) groups is 2. The second kappa shape index (κ2) is 18.1. The predicted octanol–water partition coefficient (Wildman–Crippen LogP) is 12.9. The van der Waals surface area contributed by atoms with Crippen LogP contribution in [-0.2, 0) is 13.1 Å². The maximum atomic E-state index is 13.2. The number of hydrogen-bond acceptors (Lipinski definition) is 10. The van der Waals surface area contributed by atoms with Crippen molar-refractivity contribution in [3.8, 4) is 0 Å². The van der Waals surface area contributed by atoms with Gasteiger partial charge >= 0.3 is 0 Å². The standard InChI is InChI=1S/2C27H32ClN5O/c2*1-16(2)33-15-30-23-24(31-26(28)32-25(23)33)29-14-17-3-5-21(6-4-17)22(34)13-27-10-18-7-19(11-27)9-20(8-18)12-27/h2*3-6,15-16,18-20H,7-14H2,1-2H3,(H,29,31,32). The van der Waals surface area contributed by atoms with Gasteiger partial charge in [-0.05, 0) is 185 Å². The van der Waals surface area contributed by atoms with Crippen molar-refractivity contribution in [3.63, 3.8) is 0 Å². The van der Waals surface area contributed by atoms with Crippen LogP contribution in [0.4, 0.5) is 11.6 Å². The minimum atomic E-state index is 0.197. The van der Waals surface area contributed by atoms with E-state index in [-0.39, 0.29) is 33.5 Å². The van der Waals surface area contributed by atoms with Crippen LogP contribution in [0.5, 0.6) is 0 Å². The minimum absolute atomic E-state index is 0.197. The average Bonchev–Trinajstić information content (AvgIpc) is 3.92. The third kappa shape index (κ3) is 9.16. The van der Waals surface area contributed by atoms with Crippen LogP contribution in [0, 0.1) is 46.3 Å². The fourth-order valence-electron chi connectivity index (χ4n) is 14.7. The number of nitrogens with one attached hydrogen (secondary N) is 2. The number of aromatic nitrogens is 8. The van der Waals surface area contributed by atoms with Crippen LogP contribution in [0.25, 0.3) is 22.3 Å². The number of hydrogen-bond donors (Lipinski definition) is 2. The molecule has 0 radical (unpaired) electrons. The number of rotatable bonds is 14. The summed E-state index contributed by atoms with van der Waals surface area (Å²) >= 11 is 12.4. The van der Waals surface area contributed by atoms with Crippen molar-refractivity contribution in [2.45, 2.75) is 143 Å². The van der Waals surface area contributed by atoms with Gasteiger partial charge in [-0.1, -0.05) is 48.5 Å². The first-order valence-electron chi connectivity index (χ1n) is 25.3. The largest absolute Gasteiger partial charge is 0.364 e. The molecule has 8 saturated carbocycles. The monoisotopic (exact) mass is 954 g/mol. The van der Waals surface area contributed by atoms with Crippen molar-refractivity contribution in [1.29, 1.82) is 0 Å². The number of anilines is 2. The maximum Gasteiger partial charge on any atom is 0.226 e. The Bertz CT molecular complexity index is 2590. The molecule has 2 aromatic carbocycles. The lowest BCUT2D eigenvalue weighted by molar-refractivity contribution is -0.0527. The van der Waals surface area contributed by atoms with E-state index in [0.717, 1.165) is 81.9 Å². The molecule has 4 aromatic heterocycles. The third-order valence-corrected chi connectivity index (χ3v) is 17.1. The van der Waals surface area contributed by atoms with Gasteiger partial charge in [-0.2, -0.15) is 19.9 Å². The average molecular weight is 956 g/mol. The van der Waals surface area contributed by atoms with E-state index in [1.807, 2.05) is 57.7 Å². The Morgan fingerprint density at radius 3 is 1.18 bits per heavy atom. The van der Waals surface area contributed by atoms with Gasteiger partial charge in [0.1, 0.15) is 0 Å². The van der Waals surface area contributed by atoms with Gasteiger partial charge < -0.3 is 19.8 Å². The Morgan fingerprint density at radius 2 is 0.868 bits per heavy atom. The molecule has 8 fully saturated rings. The van der Waals surface area contributed by atoms with Gasteiger partial charge in [0.05, 0.1) is 12.7 Å². The molecular weight excluding hydrogens is 892 g/mol. The molecule has 0 aliphatic heterocycles. The van der Waals surface area contributed by atoms with Crippen LogP contribution in [0.15, 0.2) is 61.2 Å². The summed E-state index contributed by atoms with van der Waals surface area (Å²) in [5.74, 6) is 7.12. The Kier molecular flexibility index (Phi) is 12.1. The van der Waals surface area contributed by atoms with Crippen molar-refractivity contribution in [3.05, 3.63) is 94.0 Å². The summed E-state index contributed by atoms with van der Waals surface area (Å²) in [5, 5.41) is 7.10. The zero-order valence-electron chi connectivity index (χ0n) is 39.9. The van der Waals surface area contributed by atoms with E-state index < -0.39 is 0 Å². The lowest BCUT2D eigenvalue weighted by Gasteiger charge is -2.56. The van der Waals surface area contributed by atoms with Crippen molar-refractivity contribution in [2.75, 3.05) is 10.6 Å². The molecule has 356 valence electrons. The molecule has 68 heavy (non-hydrogen) atoms. The van der Waals surface area contributed by atoms with Gasteiger partial charge in [0.15, 0.2) is 45.5 Å². The number of nitrogens with zero attached hydrogens (tertiary/aromatic N) is 8. The topological polar surface area (TPSA) is 145 Å². The van der Waals surface area contributed by atoms with E-state index in [9.17, 15) is 9.59 Å². The second-order valence-corrected chi connectivity index (χ2v) is 23.3. The number of Topliss-reactive ketones (excluding diaryl/α,β-unsaturated/α-hetero) is 2. The Hall–Kier alpha value is -4.94. The summed E-state index contributed by atoms with van der Waals surface area (Å²) in [4.78, 5) is 52.8. The van der Waals surface area contributed by atoms with Gasteiger partial charge in [0.25, 0.3) is 0 Å². The summed E-state index contributed by atoms with van der Waals surface area (Å²) < 4.78 is 3.97. The molecule has 6 aromatic rings. The van der Waals surface area contributed by atoms with E-state index in [1.54, 1.807) is 12.7 Å². The number of benzene rings is 2. The molecule has 0 atom stereocenters. The van der Waals surface area contributed by atoms with Crippen molar-refractivity contribution in [2.24, 2.45) is 46.3 Å². The van der Waals surface area contributed by atoms with Crippen LogP contribution in [0.3, 0.4) is 0 Å². The number of ketones is 2. The molecule has 2 N–H and O–H groups in total. The number of halogens is 2. The van der Waals surface area contributed by atoms with Crippen LogP contribution in [-0.4, -0.2) is 50.6 Å². The summed E-state index contributed by atoms with van der Waals surface area (Å²) in [6.07, 6.45) is 21.1. The maximum absolute atomic E-state index is 13.2. The molecular formula is C54H64Cl2N10O2. The number of carbonyl (C=O) groups excluding carboxylic acids is 2. The second-order valence-electron chi connectivity index (χ2n) is 22.7. The van der Waals surface area contributed by atoms with Crippen molar-refractivity contribution in [1.82, 2.24) is 39.0 Å². The molecule has 0 saturated heterocycles. The predicted molar refractivity (Wildman–Crippen MR) is 268 cm³/mol. The molecule has 14 heteroatoms.